The molecule has 0 amide bonds. The molecule has 0 spiro atoms. The van der Waals surface area contributed by atoms with Gasteiger partial charge in [0, 0.05) is 87.4 Å². The van der Waals surface area contributed by atoms with E-state index in [0.717, 1.165) is 8.61 Å². The fraction of sp³-hybridized carbons (Fsp3) is 0.205. The molecule has 0 bridgehead atoms. The third-order valence-corrected chi connectivity index (χ3v) is 25.5. The van der Waals surface area contributed by atoms with Crippen LogP contribution >= 0.6 is 0 Å². The summed E-state index contributed by atoms with van der Waals surface area (Å²) in [5.41, 5.74) is 15.9. The molecule has 0 atom stereocenters. The van der Waals surface area contributed by atoms with Crippen molar-refractivity contribution in [3.63, 3.8) is 0 Å². The molecular weight excluding hydrogens is 1560 g/mol. The molecule has 4 aromatic carbocycles. The van der Waals surface area contributed by atoms with Gasteiger partial charge in [-0.1, -0.05) is 84.9 Å². The highest BCUT2D eigenvalue weighted by atomic mass is 32.2. The Labute approximate surface area is 685 Å². The van der Waals surface area contributed by atoms with Gasteiger partial charge in [0.25, 0.3) is 0 Å². The number of carboxylic acid groups (broad SMARTS) is 2. The summed E-state index contributed by atoms with van der Waals surface area (Å²) >= 11 is 0. The number of aromatic nitrogens is 6. The molecule has 2 aliphatic carbocycles. The maximum Gasteiger partial charge on any atom is 0.249 e. The number of carbonyl (C=O) groups is 2. The highest BCUT2D eigenvalue weighted by molar-refractivity contribution is 7.90. The molecule has 0 fully saturated rings. The molecule has 0 radical (unpaired) electrons. The summed E-state index contributed by atoms with van der Waals surface area (Å²) in [7, 11) is -13.9. The second-order valence-corrected chi connectivity index (χ2v) is 32.9. The Hall–Kier alpha value is -12.7. The third-order valence-electron chi connectivity index (χ3n) is 19.9. The van der Waals surface area contributed by atoms with Gasteiger partial charge >= 0.3 is 0 Å². The van der Waals surface area contributed by atoms with E-state index >= 15 is 16.8 Å². The molecule has 0 saturated heterocycles. The molecule has 8 heterocycles. The van der Waals surface area contributed by atoms with E-state index in [-0.39, 0.29) is 111 Å². The van der Waals surface area contributed by atoms with Crippen LogP contribution in [0.5, 0.6) is 0 Å². The van der Waals surface area contributed by atoms with Gasteiger partial charge in [0.2, 0.25) is 30.1 Å². The number of anilines is 2. The average Bonchev–Trinajstić information content (AvgIpc) is 0.716. The summed E-state index contributed by atoms with van der Waals surface area (Å²) in [6.45, 7) is 19.9. The molecule has 27 nitrogen and oxygen atoms in total. The minimum absolute atomic E-state index is 0.0659. The van der Waals surface area contributed by atoms with Gasteiger partial charge in [-0.2, -0.15) is 12.9 Å². The minimum atomic E-state index is -4.77. The van der Waals surface area contributed by atoms with E-state index in [9.17, 15) is 28.2 Å². The highest BCUT2D eigenvalue weighted by Crippen LogP contribution is 2.48. The van der Waals surface area contributed by atoms with Gasteiger partial charge in [0.05, 0.1) is 147 Å². The molecule has 2 aliphatic heterocycles. The quantitative estimate of drug-likeness (QED) is 0.0197. The zero-order valence-corrected chi connectivity index (χ0v) is 68.4. The SMILES string of the molecule is CC[NH+](CC)CC.CC[NH+](CC)CC.N=c1ccc2c(-c3ccccc3C(=O)[O-])c3ccc(N)c(S(=O)(=O)N(Cc4ccccn4)Cc4ccccn4)c3oc-2c1.N=c1ccc2c(-c3ccccc3C(=O)[O-])c3ccc(N)c(S(=O)(=O)N(Cc4ccccn4)Cc4ccccn4)c3oc-2c1S(=O)(=O)N(Cc1ccccn1)Cc1ccccn1. The summed E-state index contributed by atoms with van der Waals surface area (Å²) in [6.07, 6.45) is 9.26. The molecular formula is C88H91N15O12S3. The first-order valence-electron chi connectivity index (χ1n) is 38.3. The number of fused-ring (bicyclic) bond motifs is 4. The van der Waals surface area contributed by atoms with Gasteiger partial charge in [-0.15, -0.1) is 0 Å². The Morgan fingerprint density at radius 3 is 0.992 bits per heavy atom. The molecule has 0 saturated carbocycles. The van der Waals surface area contributed by atoms with E-state index in [1.54, 1.807) is 174 Å². The number of rotatable bonds is 28. The van der Waals surface area contributed by atoms with E-state index in [1.165, 1.54) is 129 Å². The fourth-order valence-electron chi connectivity index (χ4n) is 13.7. The normalized spacial score (nSPS) is 11.7. The Morgan fingerprint density at radius 2 is 0.678 bits per heavy atom. The molecule has 30 heteroatoms. The Bertz CT molecular complexity index is 6070. The number of nitrogens with one attached hydrogen (secondary N) is 4. The van der Waals surface area contributed by atoms with Crippen molar-refractivity contribution in [2.24, 2.45) is 0 Å². The van der Waals surface area contributed by atoms with E-state index in [1.807, 2.05) is 0 Å². The van der Waals surface area contributed by atoms with E-state index in [2.05, 4.69) is 71.4 Å². The maximum absolute atomic E-state index is 15.2. The number of hydrogen-bond donors (Lipinski definition) is 6. The lowest BCUT2D eigenvalue weighted by Crippen LogP contribution is -3.11. The van der Waals surface area contributed by atoms with Crippen LogP contribution in [0.4, 0.5) is 11.4 Å². The van der Waals surface area contributed by atoms with Gasteiger partial charge < -0.3 is 55.3 Å². The number of nitrogens with two attached hydrogens (primary N) is 2. The van der Waals surface area contributed by atoms with E-state index < -0.39 is 62.9 Å². The second-order valence-electron chi connectivity index (χ2n) is 27.2. The monoisotopic (exact) mass is 1650 g/mol. The maximum atomic E-state index is 15.2. The smallest absolute Gasteiger partial charge is 0.249 e. The average molecular weight is 1650 g/mol. The summed E-state index contributed by atoms with van der Waals surface area (Å²) in [5.74, 6) is -3.17. The van der Waals surface area contributed by atoms with E-state index in [0.29, 0.717) is 56.2 Å². The van der Waals surface area contributed by atoms with Gasteiger partial charge in [-0.05, 0) is 174 Å². The number of carbonyl (C=O) groups excluding carboxylic acids is 2. The van der Waals surface area contributed by atoms with Gasteiger partial charge in [-0.3, -0.25) is 35.3 Å². The van der Waals surface area contributed by atoms with Gasteiger partial charge in [0.15, 0.2) is 21.8 Å². The first-order valence-corrected chi connectivity index (χ1v) is 42.6. The van der Waals surface area contributed by atoms with Crippen LogP contribution in [0.2, 0.25) is 0 Å². The van der Waals surface area contributed by atoms with Crippen LogP contribution in [-0.4, -0.2) is 119 Å². The lowest BCUT2D eigenvalue weighted by molar-refractivity contribution is -0.894. The Kier molecular flexibility index (Phi) is 28.7. The van der Waals surface area contributed by atoms with E-state index in [4.69, 9.17) is 31.1 Å². The molecule has 8 N–H and O–H groups in total. The first kappa shape index (κ1) is 86.2. The first-order chi connectivity index (χ1) is 56.9. The van der Waals surface area contributed by atoms with Crippen LogP contribution < -0.4 is 42.2 Å². The number of sulfonamides is 3. The van der Waals surface area contributed by atoms with Crippen molar-refractivity contribution in [3.05, 3.63) is 306 Å². The molecule has 4 aliphatic rings. The number of pyridine rings is 6. The van der Waals surface area contributed by atoms with Crippen LogP contribution in [-0.2, 0) is 69.3 Å². The zero-order chi connectivity index (χ0) is 84.3. The number of quaternary nitrogens is 2. The fourth-order valence-corrected chi connectivity index (χ4v) is 18.5. The van der Waals surface area contributed by atoms with Crippen molar-refractivity contribution in [2.45, 2.75) is 95.5 Å². The Morgan fingerprint density at radius 1 is 0.373 bits per heavy atom. The summed E-state index contributed by atoms with van der Waals surface area (Å²) in [5, 5.41) is 42.2. The molecule has 6 aromatic heterocycles. The molecule has 0 unspecified atom stereocenters. The topological polar surface area (TPSA) is 405 Å². The van der Waals surface area contributed by atoms with Gasteiger partial charge in [-0.25, -0.2) is 25.3 Å². The van der Waals surface area contributed by atoms with Crippen LogP contribution in [0.3, 0.4) is 0 Å². The number of nitrogens with zero attached hydrogens (tertiary/aromatic N) is 9. The van der Waals surface area contributed by atoms with Crippen molar-refractivity contribution >= 4 is 75.3 Å². The summed E-state index contributed by atoms with van der Waals surface area (Å²) < 4.78 is 106. The van der Waals surface area contributed by atoms with Crippen molar-refractivity contribution in [1.82, 2.24) is 42.8 Å². The molecule has 118 heavy (non-hydrogen) atoms. The Balaban J connectivity index is 0.000000207. The minimum Gasteiger partial charge on any atom is -0.545 e. The molecule has 608 valence electrons. The standard InChI is InChI=1S/C44H36N8O7S2.C32H25N5O5S.2C6H15N/c45-37-19-17-35-39(33-15-1-2-16-34(33)44(53)54)36-18-20-38(46)43(61(57,58)52(27-31-13-5-9-23-49-31)28-32-14-6-10-24-50-32)41(36)59-40(35)42(37)60(55,56)51(25-29-11-3-7-21-47-29)26-30-12-4-8-22-48-30;33-20-11-12-25-28(17-20)42-30-26(29(25)23-9-1-2-10-24(23)32(38)39)13-14-27(34)31(30)43(40,41)37(18-21-7-3-5-15-35-21)19-22-8-4-6-16-36-22;2*1-4-7(5-2)6-3/h1-24,45H,25-28,46H2,(H,53,54);1-17,33H,18-19,34H2,(H,38,39);2*4-6H2,1-3H3. The van der Waals surface area contributed by atoms with Gasteiger partial charge in [0.1, 0.15) is 15.6 Å². The van der Waals surface area contributed by atoms with Crippen LogP contribution in [0.25, 0.3) is 66.8 Å². The number of hydrogen-bond acceptors (Lipinski definition) is 22. The number of nitrogen functional groups attached to an aromatic ring is 2. The summed E-state index contributed by atoms with van der Waals surface area (Å²) in [4.78, 5) is 52.8. The zero-order valence-electron chi connectivity index (χ0n) is 66.0. The van der Waals surface area contributed by atoms with Crippen molar-refractivity contribution < 1.29 is 63.7 Å². The van der Waals surface area contributed by atoms with Crippen molar-refractivity contribution in [3.8, 4) is 44.9 Å². The number of aromatic carboxylic acids is 2. The van der Waals surface area contributed by atoms with Crippen molar-refractivity contribution in [1.29, 1.82) is 10.8 Å². The largest absolute Gasteiger partial charge is 0.545 e. The van der Waals surface area contributed by atoms with Crippen LogP contribution in [0, 0.1) is 10.8 Å². The third kappa shape index (κ3) is 19.9. The lowest BCUT2D eigenvalue weighted by atomic mass is 9.90. The lowest BCUT2D eigenvalue weighted by Gasteiger charge is -2.26. The number of benzene rings is 6. The van der Waals surface area contributed by atoms with Crippen LogP contribution in [0.15, 0.2) is 273 Å². The highest BCUT2D eigenvalue weighted by Gasteiger charge is 2.39. The molecule has 14 rings (SSSR count). The predicted octanol–water partition coefficient (Wildman–Crippen LogP) is 8.66. The summed E-state index contributed by atoms with van der Waals surface area (Å²) in [6, 6.07) is 56.1. The van der Waals surface area contributed by atoms with Crippen LogP contribution in [0.1, 0.15) is 96.4 Å². The predicted molar refractivity (Wildman–Crippen MR) is 446 cm³/mol. The molecule has 10 aromatic rings. The second kappa shape index (κ2) is 39.3. The number of carboxylic acids is 2. The van der Waals surface area contributed by atoms with Crippen molar-refractivity contribution in [2.75, 3.05) is 50.7 Å².